The van der Waals surface area contributed by atoms with Crippen LogP contribution in [0.5, 0.6) is 40.2 Å². The third-order valence-electron chi connectivity index (χ3n) is 14.5. The van der Waals surface area contributed by atoms with E-state index in [1.165, 1.54) is 0 Å². The summed E-state index contributed by atoms with van der Waals surface area (Å²) in [5.41, 5.74) is 2.49. The Balaban J connectivity index is 1.23. The number of hydrogen-bond acceptors (Lipinski definition) is 16. The van der Waals surface area contributed by atoms with E-state index in [4.69, 9.17) is 47.4 Å². The van der Waals surface area contributed by atoms with E-state index in [9.17, 15) is 30.0 Å². The lowest BCUT2D eigenvalue weighted by Crippen LogP contribution is -2.31. The van der Waals surface area contributed by atoms with Crippen LogP contribution in [0.4, 0.5) is 0 Å². The highest BCUT2D eigenvalue weighted by Crippen LogP contribution is 2.41. The van der Waals surface area contributed by atoms with Crippen molar-refractivity contribution in [3.63, 3.8) is 0 Å². The SMILES string of the molecule is CCCCCCCC(=O)OCC(O)COc1ccc2ccc(OCC(O)COC(=O)CCCCCCC)c(CC3c4cc(OCC(O)COc5ccc(OCCCC)cc5)ccc4C=CC3OCC(O)COc3ccc(OCCCC)cc3)c2c1. The molecule has 0 heterocycles. The molecule has 1 aliphatic carbocycles. The summed E-state index contributed by atoms with van der Waals surface area (Å²) in [5, 5.41) is 46.1. The summed E-state index contributed by atoms with van der Waals surface area (Å²) in [6, 6.07) is 29.6. The second-order valence-corrected chi connectivity index (χ2v) is 21.9. The van der Waals surface area contributed by atoms with Crippen molar-refractivity contribution in [1.29, 1.82) is 0 Å². The topological polar surface area (TPSA) is 207 Å². The second-order valence-electron chi connectivity index (χ2n) is 21.9. The monoisotopic (exact) mass is 1180 g/mol. The number of aliphatic hydroxyl groups is 4. The number of benzene rings is 5. The zero-order valence-corrected chi connectivity index (χ0v) is 50.6. The average molecular weight is 1180 g/mol. The fourth-order valence-electron chi connectivity index (χ4n) is 9.59. The summed E-state index contributed by atoms with van der Waals surface area (Å²) in [5.74, 6) is 2.88. The van der Waals surface area contributed by atoms with Crippen molar-refractivity contribution in [3.05, 3.63) is 120 Å². The number of rotatable bonds is 44. The molecule has 1 aliphatic rings. The van der Waals surface area contributed by atoms with Gasteiger partial charge in [0.2, 0.25) is 0 Å². The minimum absolute atomic E-state index is 0.00937. The number of carbonyl (C=O) groups excluding carboxylic acids is 2. The maximum atomic E-state index is 12.6. The standard InChI is InChI=1S/C69H94O16/c1-5-9-13-15-17-19-68(74)84-48-54(72)45-81-61-26-22-51-24-36-67(83-47-55(73)49-85-69(75)20-18-16-14-10-6-2)65(63(51)40-61)41-64-62-39-60(80-44-52(70)42-78-58-31-27-56(28-32-58)76-37-11-7-3)25-21-50(62)23-35-66(64)82-46-53(71)43-79-59-33-29-57(30-34-59)77-38-12-8-4/h21-36,39-40,52-55,64,66,70-73H,5-20,37-38,41-49H2,1-4H3. The molecule has 5 aromatic rings. The molecule has 0 bridgehead atoms. The molecular formula is C69H94O16. The van der Waals surface area contributed by atoms with Gasteiger partial charge in [-0.2, -0.15) is 0 Å². The number of aliphatic hydroxyl groups excluding tert-OH is 4. The molecule has 0 saturated heterocycles. The molecule has 466 valence electrons. The van der Waals surface area contributed by atoms with Crippen LogP contribution < -0.4 is 33.2 Å². The lowest BCUT2D eigenvalue weighted by molar-refractivity contribution is -0.148. The van der Waals surface area contributed by atoms with Crippen LogP contribution in [0.2, 0.25) is 0 Å². The summed E-state index contributed by atoms with van der Waals surface area (Å²) in [4.78, 5) is 25.1. The summed E-state index contributed by atoms with van der Waals surface area (Å²) < 4.78 is 59.9. The highest BCUT2D eigenvalue weighted by Gasteiger charge is 2.31. The normalized spacial score (nSPS) is 15.1. The third-order valence-corrected chi connectivity index (χ3v) is 14.5. The van der Waals surface area contributed by atoms with Gasteiger partial charge in [0.1, 0.15) is 111 Å². The molecule has 0 saturated carbocycles. The average Bonchev–Trinajstić information content (AvgIpc) is 2.01. The quantitative estimate of drug-likeness (QED) is 0.0211. The summed E-state index contributed by atoms with van der Waals surface area (Å²) in [6.07, 6.45) is 13.9. The van der Waals surface area contributed by atoms with Gasteiger partial charge in [-0.05, 0) is 133 Å². The van der Waals surface area contributed by atoms with Crippen molar-refractivity contribution in [2.75, 3.05) is 66.1 Å². The van der Waals surface area contributed by atoms with Crippen LogP contribution in [0.15, 0.2) is 103 Å². The first kappa shape index (κ1) is 67.6. The number of hydrogen-bond donors (Lipinski definition) is 4. The van der Waals surface area contributed by atoms with Gasteiger partial charge >= 0.3 is 11.9 Å². The second kappa shape index (κ2) is 38.5. The van der Waals surface area contributed by atoms with Crippen molar-refractivity contribution in [2.45, 2.75) is 173 Å². The Kier molecular flexibility index (Phi) is 30.6. The van der Waals surface area contributed by atoms with E-state index in [1.807, 2.05) is 78.9 Å². The summed E-state index contributed by atoms with van der Waals surface area (Å²) in [7, 11) is 0. The van der Waals surface area contributed by atoms with E-state index in [1.54, 1.807) is 30.3 Å². The van der Waals surface area contributed by atoms with Gasteiger partial charge in [0.25, 0.3) is 0 Å². The first-order valence-electron chi connectivity index (χ1n) is 31.1. The maximum absolute atomic E-state index is 12.6. The predicted octanol–water partition coefficient (Wildman–Crippen LogP) is 12.5. The van der Waals surface area contributed by atoms with Crippen LogP contribution in [0.1, 0.15) is 153 Å². The minimum atomic E-state index is -1.13. The van der Waals surface area contributed by atoms with Crippen molar-refractivity contribution >= 4 is 28.8 Å². The van der Waals surface area contributed by atoms with Gasteiger partial charge in [-0.25, -0.2) is 0 Å². The fourth-order valence-corrected chi connectivity index (χ4v) is 9.59. The maximum Gasteiger partial charge on any atom is 0.305 e. The van der Waals surface area contributed by atoms with Crippen LogP contribution >= 0.6 is 0 Å². The van der Waals surface area contributed by atoms with E-state index in [0.717, 1.165) is 129 Å². The van der Waals surface area contributed by atoms with E-state index in [2.05, 4.69) is 27.7 Å². The van der Waals surface area contributed by atoms with E-state index in [-0.39, 0.29) is 71.2 Å². The Morgan fingerprint density at radius 1 is 0.435 bits per heavy atom. The van der Waals surface area contributed by atoms with Gasteiger partial charge in [-0.15, -0.1) is 0 Å². The molecule has 6 atom stereocenters. The Morgan fingerprint density at radius 3 is 1.39 bits per heavy atom. The molecule has 6 unspecified atom stereocenters. The van der Waals surface area contributed by atoms with E-state index in [0.29, 0.717) is 54.8 Å². The third kappa shape index (κ3) is 24.8. The van der Waals surface area contributed by atoms with Crippen LogP contribution in [0.3, 0.4) is 0 Å². The number of ether oxygens (including phenoxy) is 10. The fraction of sp³-hybridized carbons (Fsp3) is 0.536. The minimum Gasteiger partial charge on any atom is -0.494 e. The van der Waals surface area contributed by atoms with Gasteiger partial charge in [0, 0.05) is 24.3 Å². The molecule has 0 spiro atoms. The van der Waals surface area contributed by atoms with E-state index >= 15 is 0 Å². The molecule has 16 heteroatoms. The predicted molar refractivity (Wildman–Crippen MR) is 329 cm³/mol. The first-order valence-corrected chi connectivity index (χ1v) is 31.1. The Labute approximate surface area is 503 Å². The zero-order valence-electron chi connectivity index (χ0n) is 50.6. The number of carbonyl (C=O) groups is 2. The lowest BCUT2D eigenvalue weighted by atomic mass is 9.80. The lowest BCUT2D eigenvalue weighted by Gasteiger charge is -2.32. The first-order chi connectivity index (χ1) is 41.4. The number of fused-ring (bicyclic) bond motifs is 2. The van der Waals surface area contributed by atoms with Crippen LogP contribution in [-0.2, 0) is 30.2 Å². The molecule has 5 aromatic carbocycles. The van der Waals surface area contributed by atoms with Crippen molar-refractivity contribution < 1.29 is 77.4 Å². The number of esters is 2. The van der Waals surface area contributed by atoms with Crippen molar-refractivity contribution in [1.82, 2.24) is 0 Å². The van der Waals surface area contributed by atoms with Gasteiger partial charge in [-0.3, -0.25) is 9.59 Å². The molecule has 16 nitrogen and oxygen atoms in total. The van der Waals surface area contributed by atoms with Crippen LogP contribution in [-0.4, -0.2) is 129 Å². The molecule has 6 rings (SSSR count). The van der Waals surface area contributed by atoms with Crippen molar-refractivity contribution in [3.8, 4) is 40.2 Å². The number of unbranched alkanes of at least 4 members (excludes halogenated alkanes) is 10. The molecule has 0 aliphatic heterocycles. The van der Waals surface area contributed by atoms with Gasteiger partial charge in [0.15, 0.2) is 0 Å². The largest absolute Gasteiger partial charge is 0.494 e. The van der Waals surface area contributed by atoms with Gasteiger partial charge in [-0.1, -0.05) is 122 Å². The highest BCUT2D eigenvalue weighted by atomic mass is 16.6. The Morgan fingerprint density at radius 2 is 0.859 bits per heavy atom. The molecular weight excluding hydrogens is 1080 g/mol. The molecule has 0 fully saturated rings. The summed E-state index contributed by atoms with van der Waals surface area (Å²) >= 11 is 0. The van der Waals surface area contributed by atoms with Gasteiger partial charge in [0.05, 0.1) is 25.9 Å². The zero-order chi connectivity index (χ0) is 60.4. The van der Waals surface area contributed by atoms with Crippen LogP contribution in [0.25, 0.3) is 16.8 Å². The molecule has 0 aromatic heterocycles. The van der Waals surface area contributed by atoms with Crippen molar-refractivity contribution in [2.24, 2.45) is 0 Å². The van der Waals surface area contributed by atoms with E-state index < -0.39 is 36.4 Å². The molecule has 0 amide bonds. The smallest absolute Gasteiger partial charge is 0.305 e. The molecule has 85 heavy (non-hydrogen) atoms. The van der Waals surface area contributed by atoms with Crippen LogP contribution in [0, 0.1) is 0 Å². The Hall–Kier alpha value is -6.56. The Bertz CT molecular complexity index is 2710. The van der Waals surface area contributed by atoms with Gasteiger partial charge < -0.3 is 67.8 Å². The highest BCUT2D eigenvalue weighted by molar-refractivity contribution is 5.89. The molecule has 4 N–H and O–H groups in total. The molecule has 0 radical (unpaired) electrons. The summed E-state index contributed by atoms with van der Waals surface area (Å²) in [6.45, 7) is 8.82.